The Balaban J connectivity index is 1.41. The number of carbonyl (C=O) groups is 8. The number of carboxylic acids is 1. The topological polar surface area (TPSA) is 407 Å². The third-order valence-corrected chi connectivity index (χ3v) is 14.8. The maximum absolute atomic E-state index is 14.9. The number of nitrogens with two attached hydrogens (primary N) is 3. The van der Waals surface area contributed by atoms with E-state index in [9.17, 15) is 48.6 Å². The Morgan fingerprint density at radius 3 is 1.62 bits per heavy atom. The number of fused-ring (bicyclic) bond motifs is 2. The van der Waals surface area contributed by atoms with Gasteiger partial charge in [0.1, 0.15) is 48.0 Å². The smallest absolute Gasteiger partial charge is 0.326 e. The van der Waals surface area contributed by atoms with Gasteiger partial charge >= 0.3 is 5.97 Å². The van der Waals surface area contributed by atoms with Gasteiger partial charge in [0.2, 0.25) is 41.4 Å². The molecule has 2 aromatic heterocycles. The van der Waals surface area contributed by atoms with Crippen molar-refractivity contribution >= 4 is 75.1 Å². The van der Waals surface area contributed by atoms with E-state index in [0.717, 1.165) is 27.4 Å². The number of H-pyrrole nitrogens is 2. The van der Waals surface area contributed by atoms with Crippen molar-refractivity contribution in [3.8, 4) is 5.75 Å². The van der Waals surface area contributed by atoms with Crippen LogP contribution in [0.5, 0.6) is 5.75 Å². The van der Waals surface area contributed by atoms with Crippen molar-refractivity contribution in [3.63, 3.8) is 0 Å². The minimum atomic E-state index is -1.42. The van der Waals surface area contributed by atoms with Gasteiger partial charge in [-0.1, -0.05) is 96.5 Å². The van der Waals surface area contributed by atoms with Gasteiger partial charge in [-0.2, -0.15) is 0 Å². The number of amides is 7. The standard InChI is InChI=1S/C60H86N14O10/c1-7-35(6)51(74-55(79)47(27-33(2)3)70-52(76)42(62)29-37-31-66-43-17-10-8-15-40(37)43)58(82)72-49(30-38-32-67-44-18-11-9-16-41(38)44)56(80)73-50(34(4)5)57(81)71-48(28-36-21-23-39(75)24-22-36)54(78)68-45(20-14-26-65-60(63)64)53(77)69-46(59(83)84)19-12-13-25-61/h8-11,15-18,21-24,31-35,42,45-51,66-67,75H,7,12-14,19-20,25-30,61-62H2,1-6H3,(H,68,78)(H,69,77)(H,70,76)(H,71,81)(H,72,82)(H,73,80)(H,74,79)(H,83,84)(H4,63,64,65)/t35-,42-,45-,46-,47-,48-,49-,50-,51-/m0/s1. The summed E-state index contributed by atoms with van der Waals surface area (Å²) in [4.78, 5) is 119. The lowest BCUT2D eigenvalue weighted by atomic mass is 9.95. The van der Waals surface area contributed by atoms with E-state index in [2.05, 4.69) is 52.5 Å². The number of phenols is 1. The number of carboxylic acid groups (broad SMARTS) is 1. The first-order valence-corrected chi connectivity index (χ1v) is 28.8. The van der Waals surface area contributed by atoms with Crippen LogP contribution in [0.25, 0.3) is 21.8 Å². The van der Waals surface area contributed by atoms with Crippen LogP contribution >= 0.6 is 0 Å². The summed E-state index contributed by atoms with van der Waals surface area (Å²) in [6, 6.07) is 10.8. The van der Waals surface area contributed by atoms with Gasteiger partial charge < -0.3 is 79.9 Å². The number of aromatic amines is 2. The SMILES string of the molecule is CC[C@H](C)[C@H](NC(=O)[C@H](CC(C)C)NC(=O)[C@@H](N)Cc1c[nH]c2ccccc12)C(=O)N[C@@H](Cc1c[nH]c2ccccc12)C(=O)N[C@H](C(=O)N[C@@H](Cc1ccc(O)cc1)C(=O)N[C@@H](CCCNC(=N)N)C(=O)N[C@@H](CCCCN)C(=O)O)C(C)C. The molecule has 19 N–H and O–H groups in total. The van der Waals surface area contributed by atoms with Crippen molar-refractivity contribution in [1.29, 1.82) is 5.41 Å². The number of rotatable bonds is 34. The van der Waals surface area contributed by atoms with Crippen LogP contribution in [0.2, 0.25) is 0 Å². The number of aromatic hydroxyl groups is 1. The molecular weight excluding hydrogens is 1080 g/mol. The molecule has 7 amide bonds. The molecule has 0 aliphatic rings. The van der Waals surface area contributed by atoms with Crippen LogP contribution in [-0.4, -0.2) is 135 Å². The van der Waals surface area contributed by atoms with E-state index in [4.69, 9.17) is 22.6 Å². The molecule has 0 radical (unpaired) electrons. The molecule has 5 rings (SSSR count). The van der Waals surface area contributed by atoms with Gasteiger partial charge in [0, 0.05) is 53.6 Å². The number of unbranched alkanes of at least 4 members (excludes halogenated alkanes) is 1. The molecule has 5 aromatic rings. The first-order chi connectivity index (χ1) is 40.0. The van der Waals surface area contributed by atoms with E-state index in [0.29, 0.717) is 36.9 Å². The monoisotopic (exact) mass is 1160 g/mol. The normalized spacial score (nSPS) is 14.6. The first-order valence-electron chi connectivity index (χ1n) is 28.8. The van der Waals surface area contributed by atoms with Crippen molar-refractivity contribution in [3.05, 3.63) is 102 Å². The Morgan fingerprint density at radius 2 is 1.06 bits per heavy atom. The Hall–Kier alpha value is -8.51. The Labute approximate surface area is 489 Å². The lowest BCUT2D eigenvalue weighted by molar-refractivity contribution is -0.142. The predicted octanol–water partition coefficient (Wildman–Crippen LogP) is 2.33. The molecule has 0 aliphatic heterocycles. The lowest BCUT2D eigenvalue weighted by Gasteiger charge is -2.30. The fraction of sp³-hybridized carbons (Fsp3) is 0.483. The van der Waals surface area contributed by atoms with E-state index in [1.165, 1.54) is 24.3 Å². The van der Waals surface area contributed by atoms with Crippen molar-refractivity contribution in [2.45, 2.75) is 154 Å². The predicted molar refractivity (Wildman–Crippen MR) is 321 cm³/mol. The third kappa shape index (κ3) is 19.8. The highest BCUT2D eigenvalue weighted by Crippen LogP contribution is 2.22. The molecule has 2 heterocycles. The molecular formula is C60H86N14O10. The van der Waals surface area contributed by atoms with Crippen LogP contribution in [-0.2, 0) is 57.6 Å². The fourth-order valence-corrected chi connectivity index (χ4v) is 9.78. The number of hydrogen-bond acceptors (Lipinski definition) is 12. The molecule has 0 unspecified atom stereocenters. The van der Waals surface area contributed by atoms with Gasteiger partial charge in [0.15, 0.2) is 5.96 Å². The molecule has 24 heteroatoms. The van der Waals surface area contributed by atoms with Gasteiger partial charge in [-0.15, -0.1) is 0 Å². The number of hydrogen-bond donors (Lipinski definition) is 16. The minimum absolute atomic E-state index is 0.0421. The van der Waals surface area contributed by atoms with Gasteiger partial charge in [0.25, 0.3) is 0 Å². The number of benzene rings is 3. The molecule has 456 valence electrons. The van der Waals surface area contributed by atoms with E-state index >= 15 is 0 Å². The lowest BCUT2D eigenvalue weighted by Crippen LogP contribution is -2.62. The van der Waals surface area contributed by atoms with Crippen LogP contribution in [0.15, 0.2) is 85.2 Å². The molecule has 0 bridgehead atoms. The van der Waals surface area contributed by atoms with Crippen molar-refractivity contribution in [2.75, 3.05) is 13.1 Å². The summed E-state index contributed by atoms with van der Waals surface area (Å²) < 4.78 is 0. The molecule has 9 atom stereocenters. The molecule has 0 saturated heterocycles. The summed E-state index contributed by atoms with van der Waals surface area (Å²) in [7, 11) is 0. The molecule has 0 aliphatic carbocycles. The number of para-hydroxylation sites is 2. The average Bonchev–Trinajstić information content (AvgIpc) is 3.95. The maximum Gasteiger partial charge on any atom is 0.326 e. The Morgan fingerprint density at radius 1 is 0.571 bits per heavy atom. The van der Waals surface area contributed by atoms with Gasteiger partial charge in [0.05, 0.1) is 6.04 Å². The van der Waals surface area contributed by atoms with Gasteiger partial charge in [-0.3, -0.25) is 39.0 Å². The number of aromatic nitrogens is 2. The van der Waals surface area contributed by atoms with Crippen LogP contribution in [0.3, 0.4) is 0 Å². The molecule has 84 heavy (non-hydrogen) atoms. The summed E-state index contributed by atoms with van der Waals surface area (Å²) in [6.07, 6.45) is 5.22. The number of aliphatic carboxylic acids is 1. The van der Waals surface area contributed by atoms with E-state index < -0.39 is 107 Å². The minimum Gasteiger partial charge on any atom is -0.508 e. The summed E-state index contributed by atoms with van der Waals surface area (Å²) in [5.41, 5.74) is 21.2. The quantitative estimate of drug-likeness (QED) is 0.0160. The Bertz CT molecular complexity index is 3030. The van der Waals surface area contributed by atoms with Crippen LogP contribution < -0.4 is 59.7 Å². The van der Waals surface area contributed by atoms with E-state index in [1.54, 1.807) is 33.2 Å². The van der Waals surface area contributed by atoms with Gasteiger partial charge in [-0.05, 0) is 110 Å². The van der Waals surface area contributed by atoms with Crippen LogP contribution in [0.4, 0.5) is 0 Å². The second kappa shape index (κ2) is 32.4. The number of carbonyl (C=O) groups excluding carboxylic acids is 7. The number of phenolic OH excluding ortho intramolecular Hbond substituents is 1. The van der Waals surface area contributed by atoms with Crippen molar-refractivity contribution < 1.29 is 48.6 Å². The molecule has 3 aromatic carbocycles. The van der Waals surface area contributed by atoms with Crippen molar-refractivity contribution in [2.24, 2.45) is 35.0 Å². The molecule has 0 spiro atoms. The summed E-state index contributed by atoms with van der Waals surface area (Å²) in [5.74, 6) is -8.00. The summed E-state index contributed by atoms with van der Waals surface area (Å²) in [5, 5.41) is 51.3. The largest absolute Gasteiger partial charge is 0.508 e. The van der Waals surface area contributed by atoms with E-state index in [-0.39, 0.29) is 69.1 Å². The zero-order chi connectivity index (χ0) is 61.6. The van der Waals surface area contributed by atoms with Gasteiger partial charge in [-0.25, -0.2) is 4.79 Å². The zero-order valence-corrected chi connectivity index (χ0v) is 48.8. The summed E-state index contributed by atoms with van der Waals surface area (Å²) in [6.45, 7) is 11.2. The summed E-state index contributed by atoms with van der Waals surface area (Å²) >= 11 is 0. The van der Waals surface area contributed by atoms with Crippen molar-refractivity contribution in [1.82, 2.24) is 52.5 Å². The zero-order valence-electron chi connectivity index (χ0n) is 48.8. The highest BCUT2D eigenvalue weighted by Gasteiger charge is 2.37. The second-order valence-corrected chi connectivity index (χ2v) is 22.2. The molecule has 24 nitrogen and oxygen atoms in total. The first kappa shape index (κ1) is 66.3. The molecule has 0 saturated carbocycles. The van der Waals surface area contributed by atoms with Crippen LogP contribution in [0, 0.1) is 23.2 Å². The third-order valence-electron chi connectivity index (χ3n) is 14.8. The van der Waals surface area contributed by atoms with Crippen LogP contribution in [0.1, 0.15) is 103 Å². The number of guanidine groups is 1. The maximum atomic E-state index is 14.9. The fourth-order valence-electron chi connectivity index (χ4n) is 9.78. The Kier molecular flexibility index (Phi) is 25.5. The number of nitrogens with one attached hydrogen (secondary N) is 11. The average molecular weight is 1160 g/mol. The highest BCUT2D eigenvalue weighted by atomic mass is 16.4. The molecule has 0 fully saturated rings. The highest BCUT2D eigenvalue weighted by molar-refractivity contribution is 5.98. The second-order valence-electron chi connectivity index (χ2n) is 22.2. The van der Waals surface area contributed by atoms with E-state index in [1.807, 2.05) is 69.3 Å².